The molecule has 5 rings (SSSR count). The van der Waals surface area contributed by atoms with E-state index < -0.39 is 105 Å². The zero-order valence-corrected chi connectivity index (χ0v) is 31.1. The van der Waals surface area contributed by atoms with Crippen molar-refractivity contribution in [1.82, 2.24) is 0 Å². The van der Waals surface area contributed by atoms with E-state index >= 15 is 0 Å². The average molecular weight is 741 g/mol. The van der Waals surface area contributed by atoms with Crippen LogP contribution in [-0.2, 0) is 23.8 Å². The summed E-state index contributed by atoms with van der Waals surface area (Å²) in [4.78, 5) is 39.7. The first kappa shape index (κ1) is 40.6. The van der Waals surface area contributed by atoms with Crippen LogP contribution in [0.2, 0.25) is 0 Å². The molecule has 3 aliphatic heterocycles. The zero-order valence-electron chi connectivity index (χ0n) is 31.1. The third kappa shape index (κ3) is 7.54. The number of ketones is 1. The predicted molar refractivity (Wildman–Crippen MR) is 193 cm³/mol. The van der Waals surface area contributed by atoms with E-state index in [4.69, 9.17) is 18.9 Å². The molecule has 3 aliphatic rings. The summed E-state index contributed by atoms with van der Waals surface area (Å²) in [5.41, 5.74) is -0.978. The molecule has 2 aromatic rings. The number of fused-ring (bicyclic) bond motifs is 14. The number of nitrogens with zero attached hydrogens (tertiary/aromatic N) is 1. The molecule has 0 radical (unpaired) electrons. The van der Waals surface area contributed by atoms with E-state index in [-0.39, 0.29) is 27.8 Å². The fourth-order valence-corrected chi connectivity index (χ4v) is 6.93. The molecule has 0 saturated heterocycles. The Hall–Kier alpha value is -5.12. The Morgan fingerprint density at radius 3 is 2.23 bits per heavy atom. The van der Waals surface area contributed by atoms with Crippen LogP contribution in [0.5, 0.6) is 23.0 Å². The van der Waals surface area contributed by atoms with Crippen molar-refractivity contribution in [2.45, 2.75) is 85.6 Å². The van der Waals surface area contributed by atoms with Gasteiger partial charge in [0, 0.05) is 61.2 Å². The number of amides is 1. The Balaban J connectivity index is 1.95. The second kappa shape index (κ2) is 15.9. The van der Waals surface area contributed by atoms with Crippen molar-refractivity contribution in [3.05, 3.63) is 52.8 Å². The van der Waals surface area contributed by atoms with E-state index in [2.05, 4.69) is 10.5 Å². The number of oxime groups is 1. The summed E-state index contributed by atoms with van der Waals surface area (Å²) in [7, 11) is 1.41. The first-order valence-electron chi connectivity index (χ1n) is 17.1. The Labute approximate surface area is 306 Å². The summed E-state index contributed by atoms with van der Waals surface area (Å²) < 4.78 is 23.2. The largest absolute Gasteiger partial charge is 0.507 e. The Kier molecular flexibility index (Phi) is 12.2. The number of ether oxygens (including phenoxy) is 4. The van der Waals surface area contributed by atoms with Crippen molar-refractivity contribution in [1.29, 1.82) is 0 Å². The van der Waals surface area contributed by atoms with Crippen LogP contribution in [0.4, 0.5) is 5.69 Å². The highest BCUT2D eigenvalue weighted by Crippen LogP contribution is 2.55. The van der Waals surface area contributed by atoms with E-state index in [9.17, 15) is 45.1 Å². The molecule has 9 atom stereocenters. The zero-order chi connectivity index (χ0) is 39.7. The number of aliphatic hydroxyl groups is 2. The van der Waals surface area contributed by atoms with Gasteiger partial charge in [-0.3, -0.25) is 14.4 Å². The van der Waals surface area contributed by atoms with Crippen molar-refractivity contribution in [2.75, 3.05) is 12.4 Å². The number of hydrogen-bond donors (Lipinski definition) is 7. The average Bonchev–Trinajstić information content (AvgIpc) is 3.38. The number of aliphatic hydroxyl groups excluding tert-OH is 2. The molecule has 3 heterocycles. The minimum atomic E-state index is -2.07. The van der Waals surface area contributed by atoms with Gasteiger partial charge >= 0.3 is 11.8 Å². The molecule has 5 bridgehead atoms. The van der Waals surface area contributed by atoms with Crippen LogP contribution in [-0.4, -0.2) is 91.9 Å². The van der Waals surface area contributed by atoms with Crippen molar-refractivity contribution in [3.63, 3.8) is 0 Å². The number of Topliss-reactive ketones (excluding diaryl/α,β-unsaturated/α-hetero) is 1. The highest BCUT2D eigenvalue weighted by atomic mass is 16.7. The highest BCUT2D eigenvalue weighted by Gasteiger charge is 2.50. The number of carbonyl (C=O) groups is 3. The topological polar surface area (TPSA) is 234 Å². The standard InChI is InChI=1S/C38H48N2O13/c1-16-11-10-12-17(2)37(48)40-28-23(15-39-49)32(45)25-26(33(28)46)31(44)21(6)35-27(25)36(47)38(8,53-35)51-14-13-24(50-9)18(3)34(52-22(7)41)20(5)30(43)19(4)29(16)42/h10-16,18-20,24,29-30,34,42-46,49H,1-9H3,(H,40,48)/b11-10-,14-13-,17-12-,39-15-. The summed E-state index contributed by atoms with van der Waals surface area (Å²) in [6.07, 6.45) is 4.01. The monoisotopic (exact) mass is 740 g/mol. The third-order valence-corrected chi connectivity index (χ3v) is 10.2. The number of phenols is 3. The number of rotatable bonds is 3. The maximum Gasteiger partial charge on any atom is 0.312 e. The minimum absolute atomic E-state index is 0.00476. The quantitative estimate of drug-likeness (QED) is 0.0572. The first-order chi connectivity index (χ1) is 24.8. The lowest BCUT2D eigenvalue weighted by atomic mass is 9.78. The third-order valence-electron chi connectivity index (χ3n) is 10.2. The lowest BCUT2D eigenvalue weighted by Gasteiger charge is -2.38. The fraction of sp³-hybridized carbons (Fsp3) is 0.474. The molecule has 0 aliphatic carbocycles. The second-order valence-corrected chi connectivity index (χ2v) is 13.9. The van der Waals surface area contributed by atoms with Crippen molar-refractivity contribution >= 4 is 40.3 Å². The van der Waals surface area contributed by atoms with Crippen LogP contribution in [0.15, 0.2) is 41.3 Å². The van der Waals surface area contributed by atoms with E-state index in [0.717, 1.165) is 12.5 Å². The number of carbonyl (C=O) groups excluding carboxylic acids is 3. The Morgan fingerprint density at radius 1 is 0.962 bits per heavy atom. The summed E-state index contributed by atoms with van der Waals surface area (Å²) in [5, 5.41) is 71.2. The number of allylic oxidation sites excluding steroid dienone is 2. The van der Waals surface area contributed by atoms with Crippen LogP contribution in [0.1, 0.15) is 70.0 Å². The molecule has 15 nitrogen and oxygen atoms in total. The fourth-order valence-electron chi connectivity index (χ4n) is 6.93. The smallest absolute Gasteiger partial charge is 0.312 e. The van der Waals surface area contributed by atoms with Gasteiger partial charge in [0.25, 0.3) is 11.7 Å². The van der Waals surface area contributed by atoms with Crippen LogP contribution in [0.3, 0.4) is 0 Å². The van der Waals surface area contributed by atoms with Gasteiger partial charge in [-0.15, -0.1) is 0 Å². The summed E-state index contributed by atoms with van der Waals surface area (Å²) in [5.74, 6) is -9.00. The van der Waals surface area contributed by atoms with Gasteiger partial charge in [-0.05, 0) is 19.9 Å². The predicted octanol–water partition coefficient (Wildman–Crippen LogP) is 4.56. The molecule has 7 N–H and O–H groups in total. The minimum Gasteiger partial charge on any atom is -0.507 e. The van der Waals surface area contributed by atoms with Crippen LogP contribution >= 0.6 is 0 Å². The van der Waals surface area contributed by atoms with E-state index in [1.54, 1.807) is 33.8 Å². The molecule has 0 saturated carbocycles. The number of phenolic OH excluding ortho intramolecular Hbond substituents is 3. The second-order valence-electron chi connectivity index (χ2n) is 13.9. The molecule has 0 spiro atoms. The SMILES string of the molecule is COC1/C=C\OC2(C)Oc3c(C)c(O)c4c(O)c(c(/C=N\O)c(O)c4c3C2=O)NC(=O)/C(C)=C\C=C/C(C)C(O)C(C)C(O)C(C)C(OC(C)=O)C1C. The lowest BCUT2D eigenvalue weighted by molar-refractivity contribution is -0.160. The van der Waals surface area contributed by atoms with E-state index in [0.29, 0.717) is 0 Å². The van der Waals surface area contributed by atoms with Gasteiger partial charge < -0.3 is 55.0 Å². The molecule has 9 unspecified atom stereocenters. The summed E-state index contributed by atoms with van der Waals surface area (Å²) >= 11 is 0. The molecule has 0 aromatic heterocycles. The van der Waals surface area contributed by atoms with Gasteiger partial charge in [-0.25, -0.2) is 0 Å². The molecule has 1 amide bonds. The Bertz CT molecular complexity index is 1900. The molecular formula is C38H48N2O13. The van der Waals surface area contributed by atoms with Gasteiger partial charge in [0.15, 0.2) is 5.75 Å². The summed E-state index contributed by atoms with van der Waals surface area (Å²) in [6.45, 7) is 12.2. The molecule has 288 valence electrons. The molecule has 0 fully saturated rings. The first-order valence-corrected chi connectivity index (χ1v) is 17.1. The van der Waals surface area contributed by atoms with Gasteiger partial charge in [0.1, 0.15) is 23.4 Å². The summed E-state index contributed by atoms with van der Waals surface area (Å²) in [6, 6.07) is 0. The number of hydrogen-bond acceptors (Lipinski definition) is 14. The molecular weight excluding hydrogens is 692 g/mol. The molecule has 15 heteroatoms. The normalized spacial score (nSPS) is 32.2. The van der Waals surface area contributed by atoms with Crippen molar-refractivity contribution < 1.29 is 64.1 Å². The number of anilines is 1. The maximum atomic E-state index is 14.1. The van der Waals surface area contributed by atoms with Crippen LogP contribution < -0.4 is 10.1 Å². The maximum absolute atomic E-state index is 14.1. The van der Waals surface area contributed by atoms with Gasteiger partial charge in [-0.1, -0.05) is 51.1 Å². The van der Waals surface area contributed by atoms with E-state index in [1.165, 1.54) is 53.0 Å². The molecule has 53 heavy (non-hydrogen) atoms. The number of benzene rings is 2. The highest BCUT2D eigenvalue weighted by molar-refractivity contribution is 6.23. The van der Waals surface area contributed by atoms with Gasteiger partial charge in [0.2, 0.25) is 0 Å². The number of methoxy groups -OCH3 is 1. The van der Waals surface area contributed by atoms with Gasteiger partial charge in [-0.2, -0.15) is 0 Å². The van der Waals surface area contributed by atoms with Crippen LogP contribution in [0.25, 0.3) is 10.8 Å². The molecule has 2 aromatic carbocycles. The lowest BCUT2D eigenvalue weighted by Crippen LogP contribution is -2.46. The number of nitrogens with one attached hydrogen (secondary N) is 1. The number of esters is 1. The van der Waals surface area contributed by atoms with Crippen LogP contribution in [0, 0.1) is 30.6 Å². The number of aromatic hydroxyl groups is 3. The van der Waals surface area contributed by atoms with E-state index in [1.807, 2.05) is 0 Å². The van der Waals surface area contributed by atoms with Crippen molar-refractivity contribution in [2.24, 2.45) is 28.8 Å². The Morgan fingerprint density at radius 2 is 1.62 bits per heavy atom. The van der Waals surface area contributed by atoms with Gasteiger partial charge in [0.05, 0.1) is 53.0 Å². The van der Waals surface area contributed by atoms with Crippen molar-refractivity contribution in [3.8, 4) is 23.0 Å².